The van der Waals surface area contributed by atoms with Crippen LogP contribution < -0.4 is 0 Å². The third-order valence-electron chi connectivity index (χ3n) is 1.82. The van der Waals surface area contributed by atoms with Crippen molar-refractivity contribution in [2.75, 3.05) is 6.61 Å². The SMILES string of the molecule is OC1OC[C@@H](O)[C@H](O)[C@H](O)[C@@H]1O. The van der Waals surface area contributed by atoms with Gasteiger partial charge in [-0.15, -0.1) is 0 Å². The minimum Gasteiger partial charge on any atom is -0.388 e. The van der Waals surface area contributed by atoms with Gasteiger partial charge in [-0.1, -0.05) is 0 Å². The van der Waals surface area contributed by atoms with Crippen LogP contribution in [0.3, 0.4) is 0 Å². The summed E-state index contributed by atoms with van der Waals surface area (Å²) in [6.45, 7) is -0.323. The maximum absolute atomic E-state index is 9.07. The topological polar surface area (TPSA) is 110 Å². The summed E-state index contributed by atoms with van der Waals surface area (Å²) < 4.78 is 4.50. The van der Waals surface area contributed by atoms with Gasteiger partial charge in [-0.3, -0.25) is 0 Å². The summed E-state index contributed by atoms with van der Waals surface area (Å²) in [7, 11) is 0. The summed E-state index contributed by atoms with van der Waals surface area (Å²) in [5, 5.41) is 45.1. The third-order valence-corrected chi connectivity index (χ3v) is 1.82. The van der Waals surface area contributed by atoms with Crippen LogP contribution >= 0.6 is 0 Å². The van der Waals surface area contributed by atoms with E-state index in [9.17, 15) is 0 Å². The lowest BCUT2D eigenvalue weighted by atomic mass is 10.0. The van der Waals surface area contributed by atoms with Gasteiger partial charge < -0.3 is 30.3 Å². The van der Waals surface area contributed by atoms with Crippen LogP contribution in [0.4, 0.5) is 0 Å². The van der Waals surface area contributed by atoms with Crippen molar-refractivity contribution in [3.63, 3.8) is 0 Å². The first-order valence-electron chi connectivity index (χ1n) is 3.56. The Bertz CT molecular complexity index is 135. The van der Waals surface area contributed by atoms with Crippen molar-refractivity contribution in [2.45, 2.75) is 30.7 Å². The van der Waals surface area contributed by atoms with E-state index in [1.54, 1.807) is 0 Å². The van der Waals surface area contributed by atoms with Gasteiger partial charge in [-0.05, 0) is 0 Å². The van der Waals surface area contributed by atoms with E-state index in [2.05, 4.69) is 4.74 Å². The molecule has 1 aliphatic heterocycles. The average Bonchev–Trinajstić information content (AvgIpc) is 2.14. The van der Waals surface area contributed by atoms with E-state index in [4.69, 9.17) is 25.5 Å². The molecule has 1 heterocycles. The molecule has 0 radical (unpaired) electrons. The summed E-state index contributed by atoms with van der Waals surface area (Å²) in [5.41, 5.74) is 0. The molecule has 0 aliphatic carbocycles. The molecular formula is C6H12O6. The van der Waals surface area contributed by atoms with Crippen molar-refractivity contribution in [1.82, 2.24) is 0 Å². The molecule has 5 atom stereocenters. The smallest absolute Gasteiger partial charge is 0.183 e. The van der Waals surface area contributed by atoms with Gasteiger partial charge in [0, 0.05) is 0 Å². The molecule has 0 aromatic rings. The van der Waals surface area contributed by atoms with Gasteiger partial charge in [0.1, 0.15) is 24.4 Å². The van der Waals surface area contributed by atoms with E-state index < -0.39 is 30.7 Å². The first kappa shape index (κ1) is 9.85. The van der Waals surface area contributed by atoms with Gasteiger partial charge in [-0.2, -0.15) is 0 Å². The van der Waals surface area contributed by atoms with Crippen molar-refractivity contribution >= 4 is 0 Å². The van der Waals surface area contributed by atoms with Crippen molar-refractivity contribution in [3.8, 4) is 0 Å². The van der Waals surface area contributed by atoms with Gasteiger partial charge >= 0.3 is 0 Å². The molecule has 1 fully saturated rings. The minimum atomic E-state index is -1.60. The maximum Gasteiger partial charge on any atom is 0.183 e. The lowest BCUT2D eigenvalue weighted by Gasteiger charge is -2.22. The Morgan fingerprint density at radius 2 is 1.42 bits per heavy atom. The fourth-order valence-electron chi connectivity index (χ4n) is 0.993. The van der Waals surface area contributed by atoms with E-state index in [1.807, 2.05) is 0 Å². The molecule has 0 amide bonds. The molecule has 0 saturated carbocycles. The molecule has 0 spiro atoms. The largest absolute Gasteiger partial charge is 0.388 e. The van der Waals surface area contributed by atoms with E-state index in [0.29, 0.717) is 0 Å². The van der Waals surface area contributed by atoms with Crippen molar-refractivity contribution < 1.29 is 30.3 Å². The number of ether oxygens (including phenoxy) is 1. The lowest BCUT2D eigenvalue weighted by molar-refractivity contribution is -0.181. The summed E-state index contributed by atoms with van der Waals surface area (Å²) in [4.78, 5) is 0. The van der Waals surface area contributed by atoms with E-state index in [-0.39, 0.29) is 6.61 Å². The van der Waals surface area contributed by atoms with Gasteiger partial charge in [0.2, 0.25) is 0 Å². The normalized spacial score (nSPS) is 50.2. The molecule has 6 nitrogen and oxygen atoms in total. The lowest BCUT2D eigenvalue weighted by Crippen LogP contribution is -2.46. The summed E-state index contributed by atoms with van der Waals surface area (Å²) in [6, 6.07) is 0. The number of aliphatic hydroxyl groups is 5. The Morgan fingerprint density at radius 3 is 2.00 bits per heavy atom. The molecule has 0 bridgehead atoms. The fourth-order valence-corrected chi connectivity index (χ4v) is 0.993. The van der Waals surface area contributed by atoms with Crippen LogP contribution in [0, 0.1) is 0 Å². The first-order valence-corrected chi connectivity index (χ1v) is 3.56. The zero-order valence-electron chi connectivity index (χ0n) is 6.24. The highest BCUT2D eigenvalue weighted by Crippen LogP contribution is 2.14. The third kappa shape index (κ3) is 1.74. The molecule has 5 N–H and O–H groups in total. The fraction of sp³-hybridized carbons (Fsp3) is 1.00. The standard InChI is InChI=1S/C6H12O6/c7-2-1-12-6(11)5(10)4(9)3(2)8/h2-11H,1H2/t2-,3+,4+,5+,6?/m1/s1. The molecule has 1 rings (SSSR count). The molecule has 6 heteroatoms. The highest BCUT2D eigenvalue weighted by Gasteiger charge is 2.38. The Labute approximate surface area is 68.6 Å². The molecule has 72 valence electrons. The van der Waals surface area contributed by atoms with Gasteiger partial charge in [0.05, 0.1) is 6.61 Å². The molecule has 12 heavy (non-hydrogen) atoms. The highest BCUT2D eigenvalue weighted by atomic mass is 16.6. The second kappa shape index (κ2) is 3.65. The number of hydrogen-bond donors (Lipinski definition) is 5. The monoisotopic (exact) mass is 180 g/mol. The summed E-state index contributed by atoms with van der Waals surface area (Å²) >= 11 is 0. The van der Waals surface area contributed by atoms with Crippen LogP contribution in [-0.2, 0) is 4.74 Å². The van der Waals surface area contributed by atoms with Gasteiger partial charge in [0.15, 0.2) is 6.29 Å². The van der Waals surface area contributed by atoms with Crippen LogP contribution in [-0.4, -0.2) is 62.8 Å². The van der Waals surface area contributed by atoms with E-state index >= 15 is 0 Å². The maximum atomic E-state index is 9.07. The number of hydrogen-bond acceptors (Lipinski definition) is 6. The van der Waals surface area contributed by atoms with Crippen LogP contribution in [0.15, 0.2) is 0 Å². The average molecular weight is 180 g/mol. The van der Waals surface area contributed by atoms with Crippen LogP contribution in [0.25, 0.3) is 0 Å². The van der Waals surface area contributed by atoms with Crippen molar-refractivity contribution in [2.24, 2.45) is 0 Å². The zero-order chi connectivity index (χ0) is 9.30. The predicted octanol–water partition coefficient (Wildman–Crippen LogP) is -3.22. The summed E-state index contributed by atoms with van der Waals surface area (Å²) in [6.07, 6.45) is -7.58. The van der Waals surface area contributed by atoms with Gasteiger partial charge in [0.25, 0.3) is 0 Å². The molecule has 1 aliphatic rings. The zero-order valence-corrected chi connectivity index (χ0v) is 6.24. The number of rotatable bonds is 0. The molecule has 1 saturated heterocycles. The van der Waals surface area contributed by atoms with E-state index in [0.717, 1.165) is 0 Å². The van der Waals surface area contributed by atoms with E-state index in [1.165, 1.54) is 0 Å². The Hall–Kier alpha value is -0.240. The van der Waals surface area contributed by atoms with Gasteiger partial charge in [-0.25, -0.2) is 0 Å². The molecule has 0 aromatic carbocycles. The van der Waals surface area contributed by atoms with Crippen molar-refractivity contribution in [3.05, 3.63) is 0 Å². The molecule has 0 aromatic heterocycles. The van der Waals surface area contributed by atoms with Crippen LogP contribution in [0.2, 0.25) is 0 Å². The molecule has 1 unspecified atom stereocenters. The second-order valence-corrected chi connectivity index (χ2v) is 2.76. The van der Waals surface area contributed by atoms with Crippen molar-refractivity contribution in [1.29, 1.82) is 0 Å². The Morgan fingerprint density at radius 1 is 0.833 bits per heavy atom. The summed E-state index contributed by atoms with van der Waals surface area (Å²) in [5.74, 6) is 0. The Balaban J connectivity index is 2.68. The highest BCUT2D eigenvalue weighted by molar-refractivity contribution is 4.85. The predicted molar refractivity (Wildman–Crippen MR) is 36.0 cm³/mol. The Kier molecular flexibility index (Phi) is 2.99. The quantitative estimate of drug-likeness (QED) is 0.268. The number of aliphatic hydroxyl groups excluding tert-OH is 5. The second-order valence-electron chi connectivity index (χ2n) is 2.76. The minimum absolute atomic E-state index is 0.323. The van der Waals surface area contributed by atoms with Crippen LogP contribution in [0.1, 0.15) is 0 Å². The van der Waals surface area contributed by atoms with Crippen LogP contribution in [0.5, 0.6) is 0 Å². The molecular weight excluding hydrogens is 168 g/mol. The first-order chi connectivity index (χ1) is 5.54.